The third-order valence-electron chi connectivity index (χ3n) is 3.64. The number of likely N-dealkylation sites (tertiary alicyclic amines) is 1. The minimum Gasteiger partial charge on any atom is -0.376 e. The van der Waals surface area contributed by atoms with E-state index in [0.717, 1.165) is 5.69 Å². The first-order valence-electron chi connectivity index (χ1n) is 6.38. The van der Waals surface area contributed by atoms with Gasteiger partial charge in [-0.05, 0) is 25.5 Å². The zero-order chi connectivity index (χ0) is 13.9. The van der Waals surface area contributed by atoms with Gasteiger partial charge in [-0.2, -0.15) is 0 Å². The summed E-state index contributed by atoms with van der Waals surface area (Å²) in [7, 11) is 0. The van der Waals surface area contributed by atoms with Crippen molar-refractivity contribution in [2.45, 2.75) is 13.3 Å². The zero-order valence-electron chi connectivity index (χ0n) is 11.1. The van der Waals surface area contributed by atoms with E-state index >= 15 is 0 Å². The number of hydrogen-bond acceptors (Lipinski definition) is 3. The number of para-hydroxylation sites is 1. The third kappa shape index (κ3) is 3.05. The Labute approximate surface area is 112 Å². The molecule has 1 fully saturated rings. The summed E-state index contributed by atoms with van der Waals surface area (Å²) in [5.41, 5.74) is 5.70. The molecule has 0 bridgehead atoms. The smallest absolute Gasteiger partial charge is 0.241 e. The van der Waals surface area contributed by atoms with Crippen molar-refractivity contribution < 1.29 is 9.59 Å². The molecule has 1 aromatic carbocycles. The molecule has 1 unspecified atom stereocenters. The molecular weight excluding hydrogens is 242 g/mol. The molecule has 0 aliphatic carbocycles. The molecule has 0 saturated carbocycles. The lowest BCUT2D eigenvalue weighted by molar-refractivity contribution is -0.130. The summed E-state index contributed by atoms with van der Waals surface area (Å²) in [6.07, 6.45) is 0.638. The number of benzene rings is 1. The second-order valence-corrected chi connectivity index (χ2v) is 5.21. The molecule has 1 heterocycles. The van der Waals surface area contributed by atoms with E-state index in [1.54, 1.807) is 4.90 Å². The molecule has 1 aliphatic rings. The highest BCUT2D eigenvalue weighted by molar-refractivity contribution is 5.85. The summed E-state index contributed by atoms with van der Waals surface area (Å²) in [6, 6.07) is 9.56. The fraction of sp³-hybridized carbons (Fsp3) is 0.429. The summed E-state index contributed by atoms with van der Waals surface area (Å²) < 4.78 is 0. The first-order valence-corrected chi connectivity index (χ1v) is 6.38. The van der Waals surface area contributed by atoms with Crippen LogP contribution in [0.2, 0.25) is 0 Å². The van der Waals surface area contributed by atoms with E-state index in [1.165, 1.54) is 0 Å². The van der Waals surface area contributed by atoms with Crippen molar-refractivity contribution in [2.24, 2.45) is 11.1 Å². The van der Waals surface area contributed by atoms with Crippen LogP contribution in [0, 0.1) is 5.41 Å². The summed E-state index contributed by atoms with van der Waals surface area (Å²) >= 11 is 0. The number of hydrogen-bond donors (Lipinski definition) is 2. The normalized spacial score (nSPS) is 22.3. The van der Waals surface area contributed by atoms with Crippen LogP contribution >= 0.6 is 0 Å². The SMILES string of the molecule is CC1(C(N)=O)CCN(C(=O)CNc2ccccc2)C1. The molecule has 19 heavy (non-hydrogen) atoms. The van der Waals surface area contributed by atoms with Gasteiger partial charge in [-0.1, -0.05) is 18.2 Å². The lowest BCUT2D eigenvalue weighted by Crippen LogP contribution is -2.40. The molecule has 0 spiro atoms. The van der Waals surface area contributed by atoms with Crippen LogP contribution < -0.4 is 11.1 Å². The van der Waals surface area contributed by atoms with Gasteiger partial charge in [-0.25, -0.2) is 0 Å². The maximum atomic E-state index is 12.0. The Hall–Kier alpha value is -2.04. The first kappa shape index (κ1) is 13.4. The van der Waals surface area contributed by atoms with Crippen LogP contribution in [0.4, 0.5) is 5.69 Å². The van der Waals surface area contributed by atoms with Gasteiger partial charge in [0.25, 0.3) is 0 Å². The molecule has 1 aromatic rings. The highest BCUT2D eigenvalue weighted by Crippen LogP contribution is 2.29. The highest BCUT2D eigenvalue weighted by atomic mass is 16.2. The van der Waals surface area contributed by atoms with Gasteiger partial charge in [0.15, 0.2) is 0 Å². The molecule has 1 aliphatic heterocycles. The van der Waals surface area contributed by atoms with Gasteiger partial charge in [-0.3, -0.25) is 9.59 Å². The third-order valence-corrected chi connectivity index (χ3v) is 3.64. The van der Waals surface area contributed by atoms with Crippen LogP contribution in [0.15, 0.2) is 30.3 Å². The van der Waals surface area contributed by atoms with Gasteiger partial charge in [0.1, 0.15) is 0 Å². The van der Waals surface area contributed by atoms with E-state index in [4.69, 9.17) is 5.73 Å². The van der Waals surface area contributed by atoms with E-state index in [-0.39, 0.29) is 18.4 Å². The van der Waals surface area contributed by atoms with Crippen molar-refractivity contribution in [3.63, 3.8) is 0 Å². The average molecular weight is 261 g/mol. The van der Waals surface area contributed by atoms with Crippen molar-refractivity contribution in [1.82, 2.24) is 4.90 Å². The minimum atomic E-state index is -0.581. The molecule has 0 radical (unpaired) electrons. The van der Waals surface area contributed by atoms with Crippen molar-refractivity contribution >= 4 is 17.5 Å². The lowest BCUT2D eigenvalue weighted by atomic mass is 9.89. The topological polar surface area (TPSA) is 75.4 Å². The van der Waals surface area contributed by atoms with Crippen LogP contribution in [0.3, 0.4) is 0 Å². The van der Waals surface area contributed by atoms with Gasteiger partial charge < -0.3 is 16.0 Å². The number of primary amides is 1. The molecule has 1 saturated heterocycles. The van der Waals surface area contributed by atoms with Crippen molar-refractivity contribution in [1.29, 1.82) is 0 Å². The lowest BCUT2D eigenvalue weighted by Gasteiger charge is -2.21. The molecule has 5 nitrogen and oxygen atoms in total. The quantitative estimate of drug-likeness (QED) is 0.842. The second-order valence-electron chi connectivity index (χ2n) is 5.21. The maximum Gasteiger partial charge on any atom is 0.241 e. The first-order chi connectivity index (χ1) is 9.01. The second kappa shape index (κ2) is 5.30. The monoisotopic (exact) mass is 261 g/mol. The van der Waals surface area contributed by atoms with Crippen LogP contribution in [0.1, 0.15) is 13.3 Å². The molecule has 0 aromatic heterocycles. The van der Waals surface area contributed by atoms with E-state index < -0.39 is 5.41 Å². The van der Waals surface area contributed by atoms with Gasteiger partial charge in [0.05, 0.1) is 12.0 Å². The Morgan fingerprint density at radius 2 is 2.05 bits per heavy atom. The summed E-state index contributed by atoms with van der Waals surface area (Å²) in [5, 5.41) is 3.07. The number of nitrogens with two attached hydrogens (primary N) is 1. The molecule has 5 heteroatoms. The summed E-state index contributed by atoms with van der Waals surface area (Å²) in [4.78, 5) is 25.1. The number of amides is 2. The Morgan fingerprint density at radius 3 is 2.63 bits per heavy atom. The summed E-state index contributed by atoms with van der Waals surface area (Å²) in [5.74, 6) is -0.340. The highest BCUT2D eigenvalue weighted by Gasteiger charge is 2.40. The van der Waals surface area contributed by atoms with E-state index in [0.29, 0.717) is 19.5 Å². The van der Waals surface area contributed by atoms with Crippen molar-refractivity contribution in [3.8, 4) is 0 Å². The van der Waals surface area contributed by atoms with Crippen LogP contribution in [-0.2, 0) is 9.59 Å². The maximum absolute atomic E-state index is 12.0. The van der Waals surface area contributed by atoms with Crippen LogP contribution in [-0.4, -0.2) is 36.3 Å². The van der Waals surface area contributed by atoms with Crippen LogP contribution in [0.25, 0.3) is 0 Å². The predicted molar refractivity (Wildman–Crippen MR) is 73.4 cm³/mol. The number of nitrogens with one attached hydrogen (secondary N) is 1. The standard InChI is InChI=1S/C14H19N3O2/c1-14(13(15)19)7-8-17(10-14)12(18)9-16-11-5-3-2-4-6-11/h2-6,16H,7-10H2,1H3,(H2,15,19). The fourth-order valence-electron chi connectivity index (χ4n) is 2.22. The number of rotatable bonds is 4. The largest absolute Gasteiger partial charge is 0.376 e. The number of carbonyl (C=O) groups is 2. The van der Waals surface area contributed by atoms with E-state index in [1.807, 2.05) is 37.3 Å². The Kier molecular flexibility index (Phi) is 3.74. The van der Waals surface area contributed by atoms with E-state index in [2.05, 4.69) is 5.32 Å². The zero-order valence-corrected chi connectivity index (χ0v) is 11.1. The molecular formula is C14H19N3O2. The Bertz CT molecular complexity index is 475. The Morgan fingerprint density at radius 1 is 1.37 bits per heavy atom. The molecule has 102 valence electrons. The molecule has 2 rings (SSSR count). The fourth-order valence-corrected chi connectivity index (χ4v) is 2.22. The Balaban J connectivity index is 1.87. The van der Waals surface area contributed by atoms with Gasteiger partial charge in [-0.15, -0.1) is 0 Å². The molecule has 2 amide bonds. The van der Waals surface area contributed by atoms with Crippen molar-refractivity contribution in [3.05, 3.63) is 30.3 Å². The number of nitrogens with zero attached hydrogens (tertiary/aromatic N) is 1. The average Bonchev–Trinajstić information content (AvgIpc) is 2.81. The molecule has 3 N–H and O–H groups in total. The predicted octanol–water partition coefficient (Wildman–Crippen LogP) is 0.822. The minimum absolute atomic E-state index is 0.00571. The van der Waals surface area contributed by atoms with Crippen LogP contribution in [0.5, 0.6) is 0 Å². The number of carbonyl (C=O) groups excluding carboxylic acids is 2. The summed E-state index contributed by atoms with van der Waals surface area (Å²) in [6.45, 7) is 3.05. The van der Waals surface area contributed by atoms with E-state index in [9.17, 15) is 9.59 Å². The van der Waals surface area contributed by atoms with Gasteiger partial charge >= 0.3 is 0 Å². The number of anilines is 1. The van der Waals surface area contributed by atoms with Gasteiger partial charge in [0, 0.05) is 18.8 Å². The molecule has 1 atom stereocenters. The van der Waals surface area contributed by atoms with Gasteiger partial charge in [0.2, 0.25) is 11.8 Å². The van der Waals surface area contributed by atoms with Crippen molar-refractivity contribution in [2.75, 3.05) is 25.0 Å².